The van der Waals surface area contributed by atoms with Gasteiger partial charge in [-0.25, -0.2) is 19.7 Å². The average molecular weight is 587 g/mol. The molecular weight excluding hydrogens is 553 g/mol. The molecule has 4 heterocycles. The van der Waals surface area contributed by atoms with E-state index >= 15 is 0 Å². The summed E-state index contributed by atoms with van der Waals surface area (Å²) in [5, 5.41) is 7.22. The Balaban J connectivity index is 1.31. The van der Waals surface area contributed by atoms with Crippen molar-refractivity contribution in [3.05, 3.63) is 58.3 Å². The molecule has 0 aliphatic carbocycles. The van der Waals surface area contributed by atoms with E-state index in [2.05, 4.69) is 35.1 Å². The van der Waals surface area contributed by atoms with E-state index in [0.29, 0.717) is 45.8 Å². The second kappa shape index (κ2) is 13.5. The number of pyridine rings is 1. The minimum absolute atomic E-state index is 0.385. The fourth-order valence-electron chi connectivity index (χ4n) is 4.97. The molecule has 3 aromatic rings. The molecule has 0 spiro atoms. The van der Waals surface area contributed by atoms with Crippen molar-refractivity contribution in [3.8, 4) is 22.9 Å². The van der Waals surface area contributed by atoms with Crippen molar-refractivity contribution < 1.29 is 14.3 Å². The monoisotopic (exact) mass is 585 g/mol. The number of methoxy groups -OCH3 is 1. The number of rotatable bonds is 8. The van der Waals surface area contributed by atoms with Crippen LogP contribution in [-0.4, -0.2) is 78.9 Å². The van der Waals surface area contributed by atoms with Crippen LogP contribution in [0.5, 0.6) is 11.6 Å². The Bertz CT molecular complexity index is 1280. The molecule has 2 N–H and O–H groups in total. The minimum Gasteiger partial charge on any atom is -0.453 e. The lowest BCUT2D eigenvalue weighted by molar-refractivity contribution is 0.155. The molecule has 10 nitrogen and oxygen atoms in total. The Hall–Kier alpha value is -3.18. The Morgan fingerprint density at radius 3 is 2.40 bits per heavy atom. The van der Waals surface area contributed by atoms with Crippen LogP contribution in [0.1, 0.15) is 18.4 Å². The molecule has 1 aromatic carbocycles. The number of ether oxygens (including phenoxy) is 2. The predicted molar refractivity (Wildman–Crippen MR) is 155 cm³/mol. The van der Waals surface area contributed by atoms with Crippen molar-refractivity contribution in [1.82, 2.24) is 30.5 Å². The van der Waals surface area contributed by atoms with E-state index in [1.165, 1.54) is 7.11 Å². The van der Waals surface area contributed by atoms with Crippen molar-refractivity contribution in [2.75, 3.05) is 57.8 Å². The number of hydrogen-bond acceptors (Lipinski definition) is 9. The number of piperazine rings is 1. The number of nitrogens with one attached hydrogen (secondary N) is 2. The number of halogens is 2. The molecule has 2 saturated heterocycles. The number of alkyl carbamates (subject to hydrolysis) is 1. The number of piperidine rings is 1. The van der Waals surface area contributed by atoms with Crippen LogP contribution in [-0.2, 0) is 11.3 Å². The summed E-state index contributed by atoms with van der Waals surface area (Å²) in [6.07, 6.45) is 4.96. The summed E-state index contributed by atoms with van der Waals surface area (Å²) in [5.41, 5.74) is 2.58. The highest BCUT2D eigenvalue weighted by molar-refractivity contribution is 6.35. The molecule has 1 amide bonds. The van der Waals surface area contributed by atoms with E-state index in [9.17, 15) is 4.79 Å². The molecule has 0 bridgehead atoms. The third kappa shape index (κ3) is 7.72. The van der Waals surface area contributed by atoms with Crippen molar-refractivity contribution in [2.45, 2.75) is 19.4 Å². The number of aromatic nitrogens is 3. The zero-order valence-electron chi connectivity index (χ0n) is 22.4. The largest absolute Gasteiger partial charge is 0.453 e. The van der Waals surface area contributed by atoms with Gasteiger partial charge >= 0.3 is 6.09 Å². The summed E-state index contributed by atoms with van der Waals surface area (Å²) < 4.78 is 10.8. The molecule has 40 heavy (non-hydrogen) atoms. The first-order valence-corrected chi connectivity index (χ1v) is 14.2. The van der Waals surface area contributed by atoms with Crippen LogP contribution in [0.2, 0.25) is 10.0 Å². The molecular formula is C28H33Cl2N7O3. The summed E-state index contributed by atoms with van der Waals surface area (Å²) in [4.78, 5) is 29.7. The Kier molecular flexibility index (Phi) is 9.53. The van der Waals surface area contributed by atoms with Gasteiger partial charge in [0.25, 0.3) is 0 Å². The van der Waals surface area contributed by atoms with Crippen LogP contribution in [0.4, 0.5) is 10.7 Å². The SMILES string of the molecule is COC(=O)NCC1CCN(Cc2cc(Oc3cnc(N4CCNCC4)nc3)nc(-c3cc(Cl)cc(Cl)c3)c2)CC1. The second-order valence-corrected chi connectivity index (χ2v) is 10.9. The lowest BCUT2D eigenvalue weighted by Gasteiger charge is -2.32. The van der Waals surface area contributed by atoms with Gasteiger partial charge in [-0.05, 0) is 61.7 Å². The van der Waals surface area contributed by atoms with E-state index in [0.717, 1.165) is 69.8 Å². The van der Waals surface area contributed by atoms with Crippen LogP contribution in [0.25, 0.3) is 11.3 Å². The lowest BCUT2D eigenvalue weighted by Crippen LogP contribution is -2.44. The minimum atomic E-state index is -0.385. The fraction of sp³-hybridized carbons (Fsp3) is 0.429. The maximum Gasteiger partial charge on any atom is 0.406 e. The van der Waals surface area contributed by atoms with Gasteiger partial charge in [0.1, 0.15) is 0 Å². The summed E-state index contributed by atoms with van der Waals surface area (Å²) in [6, 6.07) is 9.38. The van der Waals surface area contributed by atoms with Gasteiger partial charge in [0.15, 0.2) is 5.75 Å². The standard InChI is InChI=1S/C28H33Cl2N7O3/c1-39-28(38)34-15-19-2-6-36(7-3-19)18-20-10-25(21-12-22(29)14-23(30)13-21)35-26(11-20)40-24-16-32-27(33-17-24)37-8-4-31-5-9-37/h10-14,16-17,19,31H,2-9,15,18H2,1H3,(H,34,38). The van der Waals surface area contributed by atoms with E-state index in [4.69, 9.17) is 32.9 Å². The highest BCUT2D eigenvalue weighted by Crippen LogP contribution is 2.31. The number of benzene rings is 1. The average Bonchev–Trinajstić information content (AvgIpc) is 2.97. The first-order valence-electron chi connectivity index (χ1n) is 13.4. The maximum atomic E-state index is 11.4. The smallest absolute Gasteiger partial charge is 0.406 e. The molecule has 0 radical (unpaired) electrons. The van der Waals surface area contributed by atoms with Crippen LogP contribution in [0.15, 0.2) is 42.7 Å². The summed E-state index contributed by atoms with van der Waals surface area (Å²) in [7, 11) is 1.38. The lowest BCUT2D eigenvalue weighted by atomic mass is 9.96. The molecule has 2 aliphatic rings. The first-order chi connectivity index (χ1) is 19.4. The van der Waals surface area contributed by atoms with E-state index in [1.54, 1.807) is 18.5 Å². The van der Waals surface area contributed by atoms with E-state index < -0.39 is 0 Å². The van der Waals surface area contributed by atoms with Gasteiger partial charge < -0.3 is 25.0 Å². The highest BCUT2D eigenvalue weighted by Gasteiger charge is 2.21. The third-order valence-electron chi connectivity index (χ3n) is 7.09. The molecule has 0 unspecified atom stereocenters. The van der Waals surface area contributed by atoms with Gasteiger partial charge in [-0.1, -0.05) is 23.2 Å². The number of likely N-dealkylation sites (tertiary alicyclic amines) is 1. The van der Waals surface area contributed by atoms with Gasteiger partial charge in [-0.15, -0.1) is 0 Å². The molecule has 0 atom stereocenters. The summed E-state index contributed by atoms with van der Waals surface area (Å²) in [6.45, 7) is 6.77. The molecule has 2 aliphatic heterocycles. The van der Waals surface area contributed by atoms with Crippen LogP contribution in [0, 0.1) is 5.92 Å². The van der Waals surface area contributed by atoms with Gasteiger partial charge in [0.05, 0.1) is 25.2 Å². The number of nitrogens with zero attached hydrogens (tertiary/aromatic N) is 5. The molecule has 2 aromatic heterocycles. The summed E-state index contributed by atoms with van der Waals surface area (Å²) >= 11 is 12.6. The van der Waals surface area contributed by atoms with Crippen molar-refractivity contribution in [3.63, 3.8) is 0 Å². The van der Waals surface area contributed by atoms with Crippen LogP contribution < -0.4 is 20.3 Å². The van der Waals surface area contributed by atoms with E-state index in [-0.39, 0.29) is 6.09 Å². The zero-order chi connectivity index (χ0) is 27.9. The maximum absolute atomic E-state index is 11.4. The number of hydrogen-bond donors (Lipinski definition) is 2. The normalized spacial score (nSPS) is 16.5. The molecule has 0 saturated carbocycles. The van der Waals surface area contributed by atoms with Gasteiger partial charge in [0.2, 0.25) is 11.8 Å². The van der Waals surface area contributed by atoms with Crippen LogP contribution in [0.3, 0.4) is 0 Å². The zero-order valence-corrected chi connectivity index (χ0v) is 23.9. The van der Waals surface area contributed by atoms with Crippen molar-refractivity contribution in [1.29, 1.82) is 0 Å². The Labute approximate surface area is 244 Å². The highest BCUT2D eigenvalue weighted by atomic mass is 35.5. The molecule has 212 valence electrons. The number of anilines is 1. The quantitative estimate of drug-likeness (QED) is 0.392. The van der Waals surface area contributed by atoms with Crippen molar-refractivity contribution >= 4 is 35.2 Å². The van der Waals surface area contributed by atoms with Gasteiger partial charge in [0, 0.05) is 60.9 Å². The predicted octanol–water partition coefficient (Wildman–Crippen LogP) is 4.62. The van der Waals surface area contributed by atoms with Crippen molar-refractivity contribution in [2.24, 2.45) is 5.92 Å². The number of carbonyl (C=O) groups is 1. The molecule has 5 rings (SSSR count). The number of carbonyl (C=O) groups excluding carboxylic acids is 1. The Morgan fingerprint density at radius 2 is 1.73 bits per heavy atom. The van der Waals surface area contributed by atoms with Crippen LogP contribution >= 0.6 is 23.2 Å². The molecule has 12 heteroatoms. The first kappa shape index (κ1) is 28.4. The second-order valence-electron chi connectivity index (χ2n) is 10.0. The summed E-state index contributed by atoms with van der Waals surface area (Å²) in [5.74, 6) is 2.08. The number of amides is 1. The van der Waals surface area contributed by atoms with Gasteiger partial charge in [-0.3, -0.25) is 4.90 Å². The fourth-order valence-corrected chi connectivity index (χ4v) is 5.50. The van der Waals surface area contributed by atoms with E-state index in [1.807, 2.05) is 24.3 Å². The Morgan fingerprint density at radius 1 is 1.02 bits per heavy atom. The topological polar surface area (TPSA) is 105 Å². The van der Waals surface area contributed by atoms with Gasteiger partial charge in [-0.2, -0.15) is 0 Å². The molecule has 2 fully saturated rings. The third-order valence-corrected chi connectivity index (χ3v) is 7.53.